The molecule has 0 amide bonds. The molecule has 0 saturated heterocycles. The van der Waals surface area contributed by atoms with E-state index in [4.69, 9.17) is 9.47 Å². The van der Waals surface area contributed by atoms with Crippen LogP contribution in [0.25, 0.3) is 0 Å². The summed E-state index contributed by atoms with van der Waals surface area (Å²) < 4.78 is 11.0. The van der Waals surface area contributed by atoms with Crippen LogP contribution >= 0.6 is 0 Å². The summed E-state index contributed by atoms with van der Waals surface area (Å²) in [7, 11) is 3.28. The number of esters is 1. The Hall–Kier alpha value is -0.610. The molecule has 0 bridgehead atoms. The van der Waals surface area contributed by atoms with Crippen LogP contribution in [0.1, 0.15) is 58.8 Å². The third-order valence-corrected chi connectivity index (χ3v) is 4.63. The molecule has 1 saturated carbocycles. The van der Waals surface area contributed by atoms with Gasteiger partial charge in [-0.25, -0.2) is 0 Å². The van der Waals surface area contributed by atoms with Crippen molar-refractivity contribution in [3.63, 3.8) is 0 Å². The van der Waals surface area contributed by atoms with E-state index in [1.165, 1.54) is 32.8 Å². The molecule has 1 N–H and O–H groups in total. The second-order valence-electron chi connectivity index (χ2n) is 5.94. The molecule has 3 unspecified atom stereocenters. The van der Waals surface area contributed by atoms with Crippen molar-refractivity contribution in [2.45, 2.75) is 70.4 Å². The van der Waals surface area contributed by atoms with Crippen LogP contribution in [0.2, 0.25) is 0 Å². The van der Waals surface area contributed by atoms with Crippen molar-refractivity contribution in [2.75, 3.05) is 20.8 Å². The minimum Gasteiger partial charge on any atom is -0.468 e. The summed E-state index contributed by atoms with van der Waals surface area (Å²) in [6.45, 7) is 5.27. The maximum atomic E-state index is 11.9. The van der Waals surface area contributed by atoms with Gasteiger partial charge in [-0.15, -0.1) is 0 Å². The Morgan fingerprint density at radius 1 is 1.45 bits per heavy atom. The average Bonchev–Trinajstić information content (AvgIpc) is 2.91. The van der Waals surface area contributed by atoms with Crippen LogP contribution in [0.3, 0.4) is 0 Å². The van der Waals surface area contributed by atoms with Crippen molar-refractivity contribution in [2.24, 2.45) is 5.92 Å². The van der Waals surface area contributed by atoms with Crippen molar-refractivity contribution in [1.82, 2.24) is 5.32 Å². The molecule has 1 rings (SSSR count). The van der Waals surface area contributed by atoms with E-state index in [0.717, 1.165) is 25.9 Å². The summed E-state index contributed by atoms with van der Waals surface area (Å²) >= 11 is 0. The molecule has 4 heteroatoms. The van der Waals surface area contributed by atoms with Gasteiger partial charge in [0.1, 0.15) is 5.54 Å². The number of methoxy groups -OCH3 is 1. The largest absolute Gasteiger partial charge is 0.468 e. The molecule has 0 aromatic rings. The molecule has 3 atom stereocenters. The fraction of sp³-hybridized carbons (Fsp3) is 0.938. The van der Waals surface area contributed by atoms with Gasteiger partial charge in [0.2, 0.25) is 0 Å². The summed E-state index contributed by atoms with van der Waals surface area (Å²) in [6.07, 6.45) is 7.56. The molecule has 0 radical (unpaired) electrons. The molecule has 1 aliphatic rings. The SMILES string of the molecule is CCCCC(CC)COC1CCC(NC)(C(=O)OC)C1. The monoisotopic (exact) mass is 285 g/mol. The average molecular weight is 285 g/mol. The minimum absolute atomic E-state index is 0.163. The number of ether oxygens (including phenoxy) is 2. The first-order valence-electron chi connectivity index (χ1n) is 8.00. The van der Waals surface area contributed by atoms with Crippen molar-refractivity contribution in [1.29, 1.82) is 0 Å². The lowest BCUT2D eigenvalue weighted by Crippen LogP contribution is -2.49. The minimum atomic E-state index is -0.537. The number of likely N-dealkylation sites (N-methyl/N-ethyl adjacent to an activating group) is 1. The van der Waals surface area contributed by atoms with E-state index in [0.29, 0.717) is 5.92 Å². The maximum Gasteiger partial charge on any atom is 0.326 e. The molecule has 0 spiro atoms. The van der Waals surface area contributed by atoms with Crippen LogP contribution in [0.5, 0.6) is 0 Å². The molecule has 1 aliphatic carbocycles. The first-order chi connectivity index (χ1) is 9.61. The van der Waals surface area contributed by atoms with Gasteiger partial charge >= 0.3 is 5.97 Å². The molecule has 1 fully saturated rings. The Morgan fingerprint density at radius 2 is 2.20 bits per heavy atom. The van der Waals surface area contributed by atoms with Crippen LogP contribution in [0, 0.1) is 5.92 Å². The lowest BCUT2D eigenvalue weighted by molar-refractivity contribution is -0.148. The maximum absolute atomic E-state index is 11.9. The molecular weight excluding hydrogens is 254 g/mol. The van der Waals surface area contributed by atoms with Gasteiger partial charge in [0.25, 0.3) is 0 Å². The molecule has 0 aliphatic heterocycles. The zero-order valence-corrected chi connectivity index (χ0v) is 13.5. The fourth-order valence-corrected chi connectivity index (χ4v) is 3.02. The third-order valence-electron chi connectivity index (χ3n) is 4.63. The number of nitrogens with one attached hydrogen (secondary N) is 1. The van der Waals surface area contributed by atoms with Gasteiger partial charge in [-0.2, -0.15) is 0 Å². The summed E-state index contributed by atoms with van der Waals surface area (Å²) in [4.78, 5) is 11.9. The van der Waals surface area contributed by atoms with E-state index in [-0.39, 0.29) is 12.1 Å². The normalized spacial score (nSPS) is 27.5. The van der Waals surface area contributed by atoms with Crippen molar-refractivity contribution < 1.29 is 14.3 Å². The van der Waals surface area contributed by atoms with Crippen LogP contribution < -0.4 is 5.32 Å². The zero-order chi connectivity index (χ0) is 15.0. The summed E-state index contributed by atoms with van der Waals surface area (Å²) in [5, 5.41) is 3.14. The van der Waals surface area contributed by atoms with Gasteiger partial charge in [0.05, 0.1) is 13.2 Å². The Bertz CT molecular complexity index is 295. The highest BCUT2D eigenvalue weighted by Crippen LogP contribution is 2.33. The van der Waals surface area contributed by atoms with Gasteiger partial charge < -0.3 is 14.8 Å². The van der Waals surface area contributed by atoms with Crippen LogP contribution in [0.4, 0.5) is 0 Å². The highest BCUT2D eigenvalue weighted by molar-refractivity contribution is 5.81. The van der Waals surface area contributed by atoms with Gasteiger partial charge in [0, 0.05) is 13.0 Å². The lowest BCUT2D eigenvalue weighted by Gasteiger charge is -2.26. The van der Waals surface area contributed by atoms with Gasteiger partial charge in [-0.1, -0.05) is 33.1 Å². The lowest BCUT2D eigenvalue weighted by atomic mass is 9.98. The van der Waals surface area contributed by atoms with E-state index >= 15 is 0 Å². The number of rotatable bonds is 9. The van der Waals surface area contributed by atoms with Gasteiger partial charge in [-0.3, -0.25) is 4.79 Å². The van der Waals surface area contributed by atoms with E-state index in [2.05, 4.69) is 19.2 Å². The number of hydrogen-bond acceptors (Lipinski definition) is 4. The molecule has 0 aromatic heterocycles. The third kappa shape index (κ3) is 4.45. The second kappa shape index (κ2) is 8.63. The predicted molar refractivity (Wildman–Crippen MR) is 80.7 cm³/mol. The zero-order valence-electron chi connectivity index (χ0n) is 13.5. The first-order valence-corrected chi connectivity index (χ1v) is 8.00. The molecule has 20 heavy (non-hydrogen) atoms. The molecular formula is C16H31NO3. The van der Waals surface area contributed by atoms with E-state index in [1.807, 2.05) is 7.05 Å². The second-order valence-corrected chi connectivity index (χ2v) is 5.94. The van der Waals surface area contributed by atoms with Crippen molar-refractivity contribution in [3.8, 4) is 0 Å². The molecule has 4 nitrogen and oxygen atoms in total. The highest BCUT2D eigenvalue weighted by Gasteiger charge is 2.45. The quantitative estimate of drug-likeness (QED) is 0.662. The Balaban J connectivity index is 2.41. The summed E-state index contributed by atoms with van der Waals surface area (Å²) in [6, 6.07) is 0. The standard InChI is InChI=1S/C16H31NO3/c1-5-7-8-13(6-2)12-20-14-9-10-16(11-14,17-3)15(18)19-4/h13-14,17H,5-12H2,1-4H3. The molecule has 118 valence electrons. The number of hydrogen-bond donors (Lipinski definition) is 1. The highest BCUT2D eigenvalue weighted by atomic mass is 16.5. The molecule has 0 aromatic carbocycles. The van der Waals surface area contributed by atoms with E-state index in [9.17, 15) is 4.79 Å². The molecule has 0 heterocycles. The first kappa shape index (κ1) is 17.4. The van der Waals surface area contributed by atoms with Gasteiger partial charge in [0.15, 0.2) is 0 Å². The van der Waals surface area contributed by atoms with Crippen LogP contribution in [-0.2, 0) is 14.3 Å². The van der Waals surface area contributed by atoms with Crippen LogP contribution in [-0.4, -0.2) is 38.4 Å². The fourth-order valence-electron chi connectivity index (χ4n) is 3.02. The van der Waals surface area contributed by atoms with Crippen LogP contribution in [0.15, 0.2) is 0 Å². The number of carbonyl (C=O) groups excluding carboxylic acids is 1. The van der Waals surface area contributed by atoms with Gasteiger partial charge in [-0.05, 0) is 32.2 Å². The van der Waals surface area contributed by atoms with E-state index in [1.54, 1.807) is 0 Å². The predicted octanol–water partition coefficient (Wildman–Crippen LogP) is 2.90. The number of carbonyl (C=O) groups is 1. The number of unbranched alkanes of at least 4 members (excludes halogenated alkanes) is 1. The topological polar surface area (TPSA) is 47.6 Å². The van der Waals surface area contributed by atoms with Crippen molar-refractivity contribution in [3.05, 3.63) is 0 Å². The van der Waals surface area contributed by atoms with Crippen molar-refractivity contribution >= 4 is 5.97 Å². The smallest absolute Gasteiger partial charge is 0.326 e. The Morgan fingerprint density at radius 3 is 2.75 bits per heavy atom. The Kier molecular flexibility index (Phi) is 7.52. The summed E-state index contributed by atoms with van der Waals surface area (Å²) in [5.41, 5.74) is -0.537. The summed E-state index contributed by atoms with van der Waals surface area (Å²) in [5.74, 6) is 0.488. The Labute approximate surface area is 123 Å². The van der Waals surface area contributed by atoms with E-state index < -0.39 is 5.54 Å².